The van der Waals surface area contributed by atoms with Gasteiger partial charge in [0.05, 0.1) is 0 Å². The van der Waals surface area contributed by atoms with Crippen molar-refractivity contribution in [1.82, 2.24) is 10.2 Å². The summed E-state index contributed by atoms with van der Waals surface area (Å²) in [7, 11) is 0. The van der Waals surface area contributed by atoms with E-state index in [-0.39, 0.29) is 0 Å². The maximum absolute atomic E-state index is 9.81. The molecular weight excluding hydrogens is 308 g/mol. The van der Waals surface area contributed by atoms with Gasteiger partial charge in [0.25, 0.3) is 0 Å². The fourth-order valence-electron chi connectivity index (χ4n) is 4.66. The van der Waals surface area contributed by atoms with Crippen molar-refractivity contribution in [3.8, 4) is 5.75 Å². The summed E-state index contributed by atoms with van der Waals surface area (Å²) in [5.74, 6) is 1.55. The zero-order valence-corrected chi connectivity index (χ0v) is 14.9. The van der Waals surface area contributed by atoms with Crippen LogP contribution in [0.4, 0.5) is 0 Å². The molecule has 1 unspecified atom stereocenters. The average molecular weight is 336 g/mol. The second-order valence-corrected chi connectivity index (χ2v) is 7.82. The molecule has 4 atom stereocenters. The number of hydrogen-bond donors (Lipinski definition) is 2. The van der Waals surface area contributed by atoms with E-state index in [1.165, 1.54) is 17.5 Å². The summed E-state index contributed by atoms with van der Waals surface area (Å²) in [6, 6.07) is 19.8. The van der Waals surface area contributed by atoms with Crippen LogP contribution in [-0.4, -0.2) is 41.7 Å². The quantitative estimate of drug-likeness (QED) is 0.902. The third-order valence-corrected chi connectivity index (χ3v) is 5.97. The van der Waals surface area contributed by atoms with Crippen LogP contribution in [0.1, 0.15) is 30.4 Å². The number of nitrogens with zero attached hydrogens (tertiary/aromatic N) is 1. The van der Waals surface area contributed by atoms with Crippen LogP contribution in [0.25, 0.3) is 0 Å². The maximum atomic E-state index is 9.81. The SMILES string of the molecule is C[C@H]1CN2C[C@@H](Cc3ccccc3)NC[C@H]2CC1c1cccc(O)c1. The Labute approximate surface area is 150 Å². The van der Waals surface area contributed by atoms with Gasteiger partial charge in [-0.15, -0.1) is 0 Å². The second-order valence-electron chi connectivity index (χ2n) is 7.82. The average Bonchev–Trinajstić information content (AvgIpc) is 2.62. The number of aromatic hydroxyl groups is 1. The third-order valence-electron chi connectivity index (χ3n) is 5.97. The third kappa shape index (κ3) is 3.73. The van der Waals surface area contributed by atoms with Crippen LogP contribution in [0.3, 0.4) is 0 Å². The number of nitrogens with one attached hydrogen (secondary N) is 1. The van der Waals surface area contributed by atoms with Crippen LogP contribution in [0.15, 0.2) is 54.6 Å². The molecule has 25 heavy (non-hydrogen) atoms. The van der Waals surface area contributed by atoms with Crippen LogP contribution >= 0.6 is 0 Å². The molecule has 2 aromatic rings. The smallest absolute Gasteiger partial charge is 0.115 e. The monoisotopic (exact) mass is 336 g/mol. The molecule has 0 spiro atoms. The Hall–Kier alpha value is -1.84. The summed E-state index contributed by atoms with van der Waals surface area (Å²) in [6.45, 7) is 5.72. The summed E-state index contributed by atoms with van der Waals surface area (Å²) in [6.07, 6.45) is 2.28. The van der Waals surface area contributed by atoms with Crippen molar-refractivity contribution in [3.63, 3.8) is 0 Å². The van der Waals surface area contributed by atoms with Crippen molar-refractivity contribution in [2.45, 2.75) is 37.8 Å². The first-order chi connectivity index (χ1) is 12.2. The molecule has 2 heterocycles. The van der Waals surface area contributed by atoms with E-state index in [1.807, 2.05) is 12.1 Å². The van der Waals surface area contributed by atoms with Crippen LogP contribution < -0.4 is 5.32 Å². The van der Waals surface area contributed by atoms with Gasteiger partial charge in [0.2, 0.25) is 0 Å². The van der Waals surface area contributed by atoms with Gasteiger partial charge in [-0.05, 0) is 47.9 Å². The number of piperidine rings is 1. The zero-order valence-electron chi connectivity index (χ0n) is 14.9. The van der Waals surface area contributed by atoms with Gasteiger partial charge >= 0.3 is 0 Å². The first-order valence-corrected chi connectivity index (χ1v) is 9.49. The minimum atomic E-state index is 0.386. The van der Waals surface area contributed by atoms with Crippen molar-refractivity contribution >= 4 is 0 Å². The molecule has 0 saturated carbocycles. The van der Waals surface area contributed by atoms with Crippen LogP contribution in [0.2, 0.25) is 0 Å². The van der Waals surface area contributed by atoms with E-state index in [4.69, 9.17) is 0 Å². The van der Waals surface area contributed by atoms with Crippen molar-refractivity contribution < 1.29 is 5.11 Å². The number of phenolic OH excluding ortho intramolecular Hbond substituents is 1. The topological polar surface area (TPSA) is 35.5 Å². The minimum absolute atomic E-state index is 0.386. The van der Waals surface area contributed by atoms with Crippen LogP contribution in [0.5, 0.6) is 5.75 Å². The fourth-order valence-corrected chi connectivity index (χ4v) is 4.66. The molecule has 0 aromatic heterocycles. The summed E-state index contributed by atoms with van der Waals surface area (Å²) < 4.78 is 0. The van der Waals surface area contributed by atoms with Gasteiger partial charge in [0, 0.05) is 31.7 Å². The molecule has 2 fully saturated rings. The summed E-state index contributed by atoms with van der Waals surface area (Å²) in [4.78, 5) is 2.69. The highest BCUT2D eigenvalue weighted by Crippen LogP contribution is 2.37. The number of hydrogen-bond acceptors (Lipinski definition) is 3. The highest BCUT2D eigenvalue weighted by atomic mass is 16.3. The largest absolute Gasteiger partial charge is 0.508 e. The Balaban J connectivity index is 1.41. The first kappa shape index (κ1) is 16.6. The predicted molar refractivity (Wildman–Crippen MR) is 102 cm³/mol. The number of phenols is 1. The summed E-state index contributed by atoms with van der Waals surface area (Å²) in [5.41, 5.74) is 2.71. The molecule has 2 N–H and O–H groups in total. The van der Waals surface area contributed by atoms with Crippen LogP contribution in [0, 0.1) is 5.92 Å². The molecule has 2 aliphatic rings. The molecule has 0 amide bonds. The summed E-state index contributed by atoms with van der Waals surface area (Å²) in [5, 5.41) is 13.6. The van der Waals surface area contributed by atoms with E-state index in [2.05, 4.69) is 53.5 Å². The van der Waals surface area contributed by atoms with Crippen molar-refractivity contribution in [2.24, 2.45) is 5.92 Å². The van der Waals surface area contributed by atoms with Gasteiger partial charge in [0.15, 0.2) is 0 Å². The normalized spacial score (nSPS) is 30.0. The lowest BCUT2D eigenvalue weighted by Gasteiger charge is -2.48. The molecule has 2 saturated heterocycles. The molecule has 3 heteroatoms. The molecule has 0 aliphatic carbocycles. The Morgan fingerprint density at radius 1 is 1.08 bits per heavy atom. The molecule has 132 valence electrons. The lowest BCUT2D eigenvalue weighted by molar-refractivity contribution is 0.0571. The van der Waals surface area contributed by atoms with E-state index in [1.54, 1.807) is 6.07 Å². The van der Waals surface area contributed by atoms with Gasteiger partial charge in [0.1, 0.15) is 5.75 Å². The Kier molecular flexibility index (Phi) is 4.78. The molecule has 4 rings (SSSR count). The van der Waals surface area contributed by atoms with Gasteiger partial charge in [-0.3, -0.25) is 4.90 Å². The second kappa shape index (κ2) is 7.19. The predicted octanol–water partition coefficient (Wildman–Crippen LogP) is 3.40. The van der Waals surface area contributed by atoms with Crippen molar-refractivity contribution in [3.05, 3.63) is 65.7 Å². The van der Waals surface area contributed by atoms with Crippen molar-refractivity contribution in [2.75, 3.05) is 19.6 Å². The van der Waals surface area contributed by atoms with Crippen molar-refractivity contribution in [1.29, 1.82) is 0 Å². The molecule has 0 bridgehead atoms. The highest BCUT2D eigenvalue weighted by molar-refractivity contribution is 5.31. The number of fused-ring (bicyclic) bond motifs is 1. The first-order valence-electron chi connectivity index (χ1n) is 9.49. The van der Waals surface area contributed by atoms with E-state index in [0.717, 1.165) is 26.1 Å². The lowest BCUT2D eigenvalue weighted by atomic mass is 9.77. The van der Waals surface area contributed by atoms with Gasteiger partial charge < -0.3 is 10.4 Å². The Bertz CT molecular complexity index is 702. The van der Waals surface area contributed by atoms with E-state index < -0.39 is 0 Å². The fraction of sp³-hybridized carbons (Fsp3) is 0.455. The molecule has 0 radical (unpaired) electrons. The summed E-state index contributed by atoms with van der Waals surface area (Å²) >= 11 is 0. The van der Waals surface area contributed by atoms with E-state index in [9.17, 15) is 5.11 Å². The standard InChI is InChI=1S/C22H28N2O/c1-16-14-24-15-19(10-17-6-3-2-4-7-17)23-13-20(24)12-22(16)18-8-5-9-21(25)11-18/h2-9,11,16,19-20,22-23,25H,10,12-15H2,1H3/t16-,19+,20+,22?/m0/s1. The van der Waals surface area contributed by atoms with E-state index in [0.29, 0.717) is 29.7 Å². The number of piperazine rings is 1. The van der Waals surface area contributed by atoms with Gasteiger partial charge in [-0.25, -0.2) is 0 Å². The van der Waals surface area contributed by atoms with Gasteiger partial charge in [-0.1, -0.05) is 49.4 Å². The van der Waals surface area contributed by atoms with Gasteiger partial charge in [-0.2, -0.15) is 0 Å². The molecule has 3 nitrogen and oxygen atoms in total. The number of rotatable bonds is 3. The van der Waals surface area contributed by atoms with Crippen LogP contribution in [-0.2, 0) is 6.42 Å². The minimum Gasteiger partial charge on any atom is -0.508 e. The Morgan fingerprint density at radius 3 is 2.72 bits per heavy atom. The molecule has 2 aliphatic heterocycles. The zero-order chi connectivity index (χ0) is 17.2. The number of benzene rings is 2. The lowest BCUT2D eigenvalue weighted by Crippen LogP contribution is -2.60. The van der Waals surface area contributed by atoms with E-state index >= 15 is 0 Å². The highest BCUT2D eigenvalue weighted by Gasteiger charge is 2.37. The maximum Gasteiger partial charge on any atom is 0.115 e. The molecule has 2 aromatic carbocycles. The molecular formula is C22H28N2O. The Morgan fingerprint density at radius 2 is 1.92 bits per heavy atom.